The number of benzene rings is 1. The second-order valence-corrected chi connectivity index (χ2v) is 5.36. The fraction of sp³-hybridized carbons (Fsp3) is 0.429. The maximum atomic E-state index is 9.21. The van der Waals surface area contributed by atoms with E-state index in [2.05, 4.69) is 29.1 Å². The maximum absolute atomic E-state index is 9.21. The predicted octanol–water partition coefficient (Wildman–Crippen LogP) is 1.84. The molecule has 2 aromatic rings. The lowest BCUT2D eigenvalue weighted by Gasteiger charge is -2.17. The zero-order chi connectivity index (χ0) is 14.7. The molecule has 0 fully saturated rings. The smallest absolute Gasteiger partial charge is 0.198 e. The number of hydrogen-bond donors (Lipinski definition) is 1. The van der Waals surface area contributed by atoms with Gasteiger partial charge in [-0.2, -0.15) is 5.10 Å². The van der Waals surface area contributed by atoms with Gasteiger partial charge in [-0.3, -0.25) is 4.90 Å². The molecule has 0 amide bonds. The van der Waals surface area contributed by atoms with E-state index < -0.39 is 0 Å². The van der Waals surface area contributed by atoms with Gasteiger partial charge in [0.05, 0.1) is 6.67 Å². The summed E-state index contributed by atoms with van der Waals surface area (Å²) in [6.45, 7) is 3.44. The van der Waals surface area contributed by atoms with Crippen molar-refractivity contribution in [1.29, 1.82) is 0 Å². The second kappa shape index (κ2) is 6.30. The lowest BCUT2D eigenvalue weighted by atomic mass is 10.1. The lowest BCUT2D eigenvalue weighted by molar-refractivity contribution is 0.238. The molecule has 0 bridgehead atoms. The summed E-state index contributed by atoms with van der Waals surface area (Å²) in [5.41, 5.74) is 2.57. The van der Waals surface area contributed by atoms with Gasteiger partial charge in [-0.25, -0.2) is 4.68 Å². The number of aromatic nitrogens is 3. The van der Waals surface area contributed by atoms with Crippen LogP contribution in [-0.4, -0.2) is 31.4 Å². The third kappa shape index (κ3) is 3.15. The van der Waals surface area contributed by atoms with Gasteiger partial charge >= 0.3 is 0 Å². The van der Waals surface area contributed by atoms with Crippen LogP contribution in [0.4, 0.5) is 0 Å². The quantitative estimate of drug-likeness (QED) is 0.854. The minimum absolute atomic E-state index is 0.103. The van der Waals surface area contributed by atoms with Crippen molar-refractivity contribution in [1.82, 2.24) is 19.2 Å². The molecule has 5 nitrogen and oxygen atoms in total. The molecule has 0 atom stereocenters. The van der Waals surface area contributed by atoms with E-state index in [1.807, 2.05) is 26.2 Å². The van der Waals surface area contributed by atoms with E-state index in [0.29, 0.717) is 17.3 Å². The Morgan fingerprint density at radius 2 is 2.05 bits per heavy atom. The molecule has 0 aliphatic carbocycles. The van der Waals surface area contributed by atoms with Crippen molar-refractivity contribution < 1.29 is 5.11 Å². The molecule has 6 heteroatoms. The zero-order valence-corrected chi connectivity index (χ0v) is 12.9. The summed E-state index contributed by atoms with van der Waals surface area (Å²) in [5, 5.41) is 13.5. The van der Waals surface area contributed by atoms with Crippen molar-refractivity contribution in [2.45, 2.75) is 26.7 Å². The summed E-state index contributed by atoms with van der Waals surface area (Å²) in [5.74, 6) is 0.583. The van der Waals surface area contributed by atoms with Crippen molar-refractivity contribution in [3.63, 3.8) is 0 Å². The Hall–Kier alpha value is -1.50. The van der Waals surface area contributed by atoms with Gasteiger partial charge in [0.15, 0.2) is 10.6 Å². The van der Waals surface area contributed by atoms with E-state index in [1.54, 1.807) is 9.25 Å². The van der Waals surface area contributed by atoms with E-state index in [9.17, 15) is 5.11 Å². The van der Waals surface area contributed by atoms with Crippen molar-refractivity contribution in [2.24, 2.45) is 7.05 Å². The van der Waals surface area contributed by atoms with Crippen LogP contribution < -0.4 is 0 Å². The van der Waals surface area contributed by atoms with Gasteiger partial charge in [0, 0.05) is 13.6 Å². The molecule has 1 heterocycles. The van der Waals surface area contributed by atoms with Crippen LogP contribution in [0.2, 0.25) is 0 Å². The van der Waals surface area contributed by atoms with Gasteiger partial charge < -0.3 is 9.67 Å². The van der Waals surface area contributed by atoms with Gasteiger partial charge in [-0.1, -0.05) is 24.3 Å². The Morgan fingerprint density at radius 1 is 1.35 bits per heavy atom. The van der Waals surface area contributed by atoms with Crippen LogP contribution >= 0.6 is 12.2 Å². The van der Waals surface area contributed by atoms with Gasteiger partial charge in [0.2, 0.25) is 0 Å². The summed E-state index contributed by atoms with van der Waals surface area (Å²) >= 11 is 5.31. The molecule has 0 unspecified atom stereocenters. The molecule has 1 aromatic heterocycles. The fourth-order valence-corrected chi connectivity index (χ4v) is 2.32. The molecule has 0 radical (unpaired) electrons. The van der Waals surface area contributed by atoms with Crippen LogP contribution in [0, 0.1) is 11.7 Å². The first-order valence-corrected chi connectivity index (χ1v) is 6.90. The van der Waals surface area contributed by atoms with Crippen molar-refractivity contribution in [3.8, 4) is 0 Å². The third-order valence-corrected chi connectivity index (χ3v) is 3.83. The van der Waals surface area contributed by atoms with Crippen molar-refractivity contribution in [2.75, 3.05) is 7.05 Å². The summed E-state index contributed by atoms with van der Waals surface area (Å²) in [6, 6.07) is 8.33. The fourth-order valence-electron chi connectivity index (χ4n) is 2.12. The Kier molecular flexibility index (Phi) is 4.69. The van der Waals surface area contributed by atoms with Gasteiger partial charge in [0.25, 0.3) is 0 Å². The Morgan fingerprint density at radius 3 is 2.65 bits per heavy atom. The van der Waals surface area contributed by atoms with Crippen molar-refractivity contribution >= 4 is 12.2 Å². The summed E-state index contributed by atoms with van der Waals surface area (Å²) in [4.78, 5) is 2.15. The first kappa shape index (κ1) is 14.9. The molecule has 0 spiro atoms. The second-order valence-electron chi connectivity index (χ2n) is 5.00. The summed E-state index contributed by atoms with van der Waals surface area (Å²) in [6.07, 6.45) is 0. The van der Waals surface area contributed by atoms with Crippen LogP contribution in [0.1, 0.15) is 17.0 Å². The standard InChI is InChI=1S/C14H20N4OS/c1-11-6-4-5-7-12(11)8-16(2)10-18-14(20)17(3)13(9-19)15-18/h4-7,19H,8-10H2,1-3H3. The molecule has 1 N–H and O–H groups in total. The normalized spacial score (nSPS) is 11.2. The van der Waals surface area contributed by atoms with Crippen LogP contribution in [0.25, 0.3) is 0 Å². The molecule has 0 aliphatic rings. The Bertz CT molecular complexity index is 647. The largest absolute Gasteiger partial charge is 0.388 e. The van der Waals surface area contributed by atoms with Crippen LogP contribution in [0.3, 0.4) is 0 Å². The summed E-state index contributed by atoms with van der Waals surface area (Å²) < 4.78 is 4.08. The molecule has 2 rings (SSSR count). The molecule has 0 saturated heterocycles. The molecule has 0 saturated carbocycles. The van der Waals surface area contributed by atoms with Crippen LogP contribution in [-0.2, 0) is 26.9 Å². The van der Waals surface area contributed by atoms with Crippen LogP contribution in [0.5, 0.6) is 0 Å². The van der Waals surface area contributed by atoms with Crippen LogP contribution in [0.15, 0.2) is 24.3 Å². The van der Waals surface area contributed by atoms with E-state index >= 15 is 0 Å². The molecule has 0 aliphatic heterocycles. The number of aliphatic hydroxyl groups is 1. The Balaban J connectivity index is 2.11. The number of aryl methyl sites for hydroxylation is 1. The highest BCUT2D eigenvalue weighted by atomic mass is 32.1. The minimum Gasteiger partial charge on any atom is -0.388 e. The highest BCUT2D eigenvalue weighted by Gasteiger charge is 2.09. The number of aliphatic hydroxyl groups excluding tert-OH is 1. The maximum Gasteiger partial charge on any atom is 0.198 e. The van der Waals surface area contributed by atoms with Gasteiger partial charge in [0.1, 0.15) is 6.61 Å². The summed E-state index contributed by atoms with van der Waals surface area (Å²) in [7, 11) is 3.85. The highest BCUT2D eigenvalue weighted by molar-refractivity contribution is 7.71. The monoisotopic (exact) mass is 292 g/mol. The van der Waals surface area contributed by atoms with Crippen molar-refractivity contribution in [3.05, 3.63) is 46.0 Å². The first-order valence-electron chi connectivity index (χ1n) is 6.49. The topological polar surface area (TPSA) is 46.2 Å². The van der Waals surface area contributed by atoms with E-state index in [0.717, 1.165) is 6.54 Å². The molecule has 108 valence electrons. The van der Waals surface area contributed by atoms with Gasteiger partial charge in [-0.05, 0) is 37.3 Å². The predicted molar refractivity (Wildman–Crippen MR) is 80.6 cm³/mol. The number of rotatable bonds is 5. The third-order valence-electron chi connectivity index (χ3n) is 3.35. The minimum atomic E-state index is -0.103. The average molecular weight is 292 g/mol. The Labute approximate surface area is 124 Å². The average Bonchev–Trinajstić information content (AvgIpc) is 2.69. The molecule has 1 aromatic carbocycles. The lowest BCUT2D eigenvalue weighted by Crippen LogP contribution is -2.23. The highest BCUT2D eigenvalue weighted by Crippen LogP contribution is 2.10. The van der Waals surface area contributed by atoms with E-state index in [1.165, 1.54) is 11.1 Å². The van der Waals surface area contributed by atoms with Gasteiger partial charge in [-0.15, -0.1) is 0 Å². The number of nitrogens with zero attached hydrogens (tertiary/aromatic N) is 4. The zero-order valence-electron chi connectivity index (χ0n) is 12.1. The SMILES string of the molecule is Cc1ccccc1CN(C)Cn1nc(CO)n(C)c1=S. The molecule has 20 heavy (non-hydrogen) atoms. The first-order chi connectivity index (χ1) is 9.52. The molecular formula is C14H20N4OS. The van der Waals surface area contributed by atoms with E-state index in [4.69, 9.17) is 12.2 Å². The molecular weight excluding hydrogens is 272 g/mol. The van der Waals surface area contributed by atoms with E-state index in [-0.39, 0.29) is 6.61 Å². The number of hydrogen-bond acceptors (Lipinski definition) is 4.